The Morgan fingerprint density at radius 2 is 2.04 bits per heavy atom. The van der Waals surface area contributed by atoms with Crippen LogP contribution in [0.2, 0.25) is 4.47 Å². The molecule has 0 saturated carbocycles. The molecule has 0 radical (unpaired) electrons. The van der Waals surface area contributed by atoms with E-state index in [0.717, 1.165) is 17.8 Å². The second-order valence-corrected chi connectivity index (χ2v) is 7.84. The van der Waals surface area contributed by atoms with Crippen molar-refractivity contribution in [2.45, 2.75) is 19.6 Å². The Morgan fingerprint density at radius 3 is 2.85 bits per heavy atom. The SMILES string of the molecule is O=C(c1cccc(OCc2cnc(Cl)s2)c1)N1CCc2ccccc2C1. The third kappa shape index (κ3) is 3.74. The Balaban J connectivity index is 1.45. The van der Waals surface area contributed by atoms with E-state index in [1.807, 2.05) is 35.2 Å². The van der Waals surface area contributed by atoms with E-state index in [0.29, 0.717) is 28.9 Å². The van der Waals surface area contributed by atoms with Crippen LogP contribution in [0.3, 0.4) is 0 Å². The topological polar surface area (TPSA) is 42.4 Å². The van der Waals surface area contributed by atoms with Gasteiger partial charge in [-0.25, -0.2) is 4.98 Å². The van der Waals surface area contributed by atoms with E-state index < -0.39 is 0 Å². The number of ether oxygens (including phenoxy) is 1. The second kappa shape index (κ2) is 7.48. The van der Waals surface area contributed by atoms with Gasteiger partial charge in [0.15, 0.2) is 4.47 Å². The quantitative estimate of drug-likeness (QED) is 0.661. The van der Waals surface area contributed by atoms with Gasteiger partial charge in [0.25, 0.3) is 5.91 Å². The van der Waals surface area contributed by atoms with Gasteiger partial charge in [-0.2, -0.15) is 0 Å². The maximum absolute atomic E-state index is 12.9. The first-order valence-corrected chi connectivity index (χ1v) is 9.57. The van der Waals surface area contributed by atoms with Crippen LogP contribution in [0.4, 0.5) is 0 Å². The molecular formula is C20H17ClN2O2S. The molecule has 1 aliphatic heterocycles. The van der Waals surface area contributed by atoms with Crippen molar-refractivity contribution in [3.63, 3.8) is 0 Å². The molecule has 1 amide bonds. The Kier molecular flexibility index (Phi) is 4.91. The van der Waals surface area contributed by atoms with Crippen LogP contribution in [0.25, 0.3) is 0 Å². The molecule has 0 saturated heterocycles. The Bertz CT molecular complexity index is 941. The minimum atomic E-state index is 0.0331. The maximum atomic E-state index is 12.9. The number of carbonyl (C=O) groups is 1. The summed E-state index contributed by atoms with van der Waals surface area (Å²) < 4.78 is 6.28. The summed E-state index contributed by atoms with van der Waals surface area (Å²) >= 11 is 7.22. The van der Waals surface area contributed by atoms with Gasteiger partial charge in [-0.1, -0.05) is 41.9 Å². The number of halogens is 1. The summed E-state index contributed by atoms with van der Waals surface area (Å²) in [5, 5.41) is 0. The van der Waals surface area contributed by atoms with Crippen molar-refractivity contribution in [1.82, 2.24) is 9.88 Å². The average Bonchev–Trinajstić information content (AvgIpc) is 3.11. The predicted octanol–water partition coefficient (Wildman–Crippen LogP) is 4.57. The molecular weight excluding hydrogens is 368 g/mol. The number of carbonyl (C=O) groups excluding carboxylic acids is 1. The number of aromatic nitrogens is 1. The number of nitrogens with zero attached hydrogens (tertiary/aromatic N) is 2. The van der Waals surface area contributed by atoms with E-state index in [2.05, 4.69) is 17.1 Å². The van der Waals surface area contributed by atoms with E-state index in [1.54, 1.807) is 12.3 Å². The Morgan fingerprint density at radius 1 is 1.19 bits per heavy atom. The summed E-state index contributed by atoms with van der Waals surface area (Å²) in [6, 6.07) is 15.6. The predicted molar refractivity (Wildman–Crippen MR) is 103 cm³/mol. The molecule has 2 heterocycles. The molecule has 0 unspecified atom stereocenters. The number of rotatable bonds is 4. The van der Waals surface area contributed by atoms with E-state index in [9.17, 15) is 4.79 Å². The van der Waals surface area contributed by atoms with Crippen molar-refractivity contribution in [2.75, 3.05) is 6.54 Å². The fourth-order valence-electron chi connectivity index (χ4n) is 3.08. The Hall–Kier alpha value is -2.37. The van der Waals surface area contributed by atoms with Crippen molar-refractivity contribution >= 4 is 28.8 Å². The fraction of sp³-hybridized carbons (Fsp3) is 0.200. The lowest BCUT2D eigenvalue weighted by molar-refractivity contribution is 0.0734. The zero-order valence-corrected chi connectivity index (χ0v) is 15.6. The standard InChI is InChI=1S/C20H17ClN2O2S/c21-20-22-11-18(26-20)13-25-17-7-3-6-15(10-17)19(24)23-9-8-14-4-1-2-5-16(14)12-23/h1-7,10-11H,8-9,12-13H2. The molecule has 2 aromatic carbocycles. The fourth-order valence-corrected chi connectivity index (χ4v) is 3.97. The number of thiazole rings is 1. The van der Waals surface area contributed by atoms with Crippen LogP contribution < -0.4 is 4.74 Å². The highest BCUT2D eigenvalue weighted by atomic mass is 35.5. The molecule has 132 valence electrons. The minimum absolute atomic E-state index is 0.0331. The normalized spacial score (nSPS) is 13.3. The van der Waals surface area contributed by atoms with Gasteiger partial charge in [0.2, 0.25) is 0 Å². The van der Waals surface area contributed by atoms with E-state index in [-0.39, 0.29) is 5.91 Å². The first kappa shape index (κ1) is 17.1. The van der Waals surface area contributed by atoms with Crippen LogP contribution in [0.1, 0.15) is 26.4 Å². The molecule has 0 bridgehead atoms. The minimum Gasteiger partial charge on any atom is -0.488 e. The third-order valence-corrected chi connectivity index (χ3v) is 5.49. The average molecular weight is 385 g/mol. The number of hydrogen-bond acceptors (Lipinski definition) is 4. The Labute approximate surface area is 161 Å². The molecule has 0 fully saturated rings. The van der Waals surface area contributed by atoms with E-state index >= 15 is 0 Å². The summed E-state index contributed by atoms with van der Waals surface area (Å²) in [6.45, 7) is 1.78. The molecule has 4 rings (SSSR count). The monoisotopic (exact) mass is 384 g/mol. The summed E-state index contributed by atoms with van der Waals surface area (Å²) in [7, 11) is 0. The number of amides is 1. The summed E-state index contributed by atoms with van der Waals surface area (Å²) in [5.41, 5.74) is 3.20. The van der Waals surface area contributed by atoms with Gasteiger partial charge >= 0.3 is 0 Å². The third-order valence-electron chi connectivity index (χ3n) is 4.41. The molecule has 0 aliphatic carbocycles. The lowest BCUT2D eigenvalue weighted by atomic mass is 9.99. The maximum Gasteiger partial charge on any atom is 0.254 e. The smallest absolute Gasteiger partial charge is 0.254 e. The number of benzene rings is 2. The second-order valence-electron chi connectivity index (χ2n) is 6.14. The van der Waals surface area contributed by atoms with E-state index in [1.165, 1.54) is 22.5 Å². The van der Waals surface area contributed by atoms with E-state index in [4.69, 9.17) is 16.3 Å². The molecule has 0 N–H and O–H groups in total. The number of hydrogen-bond donors (Lipinski definition) is 0. The van der Waals surface area contributed by atoms with Gasteiger partial charge in [-0.3, -0.25) is 4.79 Å². The first-order chi connectivity index (χ1) is 12.7. The van der Waals surface area contributed by atoms with Crippen LogP contribution in [0.5, 0.6) is 5.75 Å². The molecule has 4 nitrogen and oxygen atoms in total. The molecule has 3 aromatic rings. The van der Waals surface area contributed by atoms with Crippen LogP contribution in [0.15, 0.2) is 54.7 Å². The first-order valence-electron chi connectivity index (χ1n) is 8.38. The molecule has 1 aromatic heterocycles. The highest BCUT2D eigenvalue weighted by molar-refractivity contribution is 7.15. The van der Waals surface area contributed by atoms with Crippen LogP contribution in [-0.2, 0) is 19.6 Å². The van der Waals surface area contributed by atoms with Crippen molar-refractivity contribution in [3.05, 3.63) is 80.8 Å². The summed E-state index contributed by atoms with van der Waals surface area (Å²) in [5.74, 6) is 0.698. The molecule has 0 atom stereocenters. The zero-order valence-electron chi connectivity index (χ0n) is 14.0. The van der Waals surface area contributed by atoms with Gasteiger partial charge in [-0.15, -0.1) is 11.3 Å². The van der Waals surface area contributed by atoms with Crippen molar-refractivity contribution < 1.29 is 9.53 Å². The van der Waals surface area contributed by atoms with Gasteiger partial charge < -0.3 is 9.64 Å². The van der Waals surface area contributed by atoms with Crippen LogP contribution in [-0.4, -0.2) is 22.3 Å². The van der Waals surface area contributed by atoms with Crippen molar-refractivity contribution in [3.8, 4) is 5.75 Å². The highest BCUT2D eigenvalue weighted by Gasteiger charge is 2.21. The van der Waals surface area contributed by atoms with Gasteiger partial charge in [-0.05, 0) is 35.7 Å². The van der Waals surface area contributed by atoms with Gasteiger partial charge in [0.1, 0.15) is 12.4 Å². The van der Waals surface area contributed by atoms with Crippen molar-refractivity contribution in [2.24, 2.45) is 0 Å². The number of fused-ring (bicyclic) bond motifs is 1. The lowest BCUT2D eigenvalue weighted by Crippen LogP contribution is -2.35. The van der Waals surface area contributed by atoms with Crippen LogP contribution in [0, 0.1) is 0 Å². The lowest BCUT2D eigenvalue weighted by Gasteiger charge is -2.29. The molecule has 0 spiro atoms. The molecule has 1 aliphatic rings. The van der Waals surface area contributed by atoms with Gasteiger partial charge in [0, 0.05) is 24.8 Å². The molecule has 6 heteroatoms. The summed E-state index contributed by atoms with van der Waals surface area (Å²) in [4.78, 5) is 19.7. The highest BCUT2D eigenvalue weighted by Crippen LogP contribution is 2.23. The molecule has 26 heavy (non-hydrogen) atoms. The van der Waals surface area contributed by atoms with Crippen molar-refractivity contribution in [1.29, 1.82) is 0 Å². The van der Waals surface area contributed by atoms with Crippen LogP contribution >= 0.6 is 22.9 Å². The zero-order chi connectivity index (χ0) is 17.9. The van der Waals surface area contributed by atoms with Gasteiger partial charge in [0.05, 0.1) is 4.88 Å². The summed E-state index contributed by atoms with van der Waals surface area (Å²) in [6.07, 6.45) is 2.59. The largest absolute Gasteiger partial charge is 0.488 e.